The number of nitrogens with zero attached hydrogens (tertiary/aromatic N) is 1. The topological polar surface area (TPSA) is 41.9 Å². The lowest BCUT2D eigenvalue weighted by Crippen LogP contribution is -2.37. The Balaban J connectivity index is 1.76. The molecule has 1 aromatic carbocycles. The van der Waals surface area contributed by atoms with E-state index in [1.165, 1.54) is 5.56 Å². The Morgan fingerprint density at radius 1 is 1.26 bits per heavy atom. The average molecular weight is 328 g/mol. The van der Waals surface area contributed by atoms with E-state index < -0.39 is 0 Å². The number of halogens is 1. The summed E-state index contributed by atoms with van der Waals surface area (Å²) in [7, 11) is 0. The second-order valence-electron chi connectivity index (χ2n) is 5.12. The van der Waals surface area contributed by atoms with Crippen molar-refractivity contribution >= 4 is 15.9 Å². The Kier molecular flexibility index (Phi) is 3.96. The Morgan fingerprint density at radius 2 is 2.00 bits per heavy atom. The Morgan fingerprint density at radius 3 is 2.74 bits per heavy atom. The molecule has 2 aliphatic rings. The zero-order chi connectivity index (χ0) is 13.2. The smallest absolute Gasteiger partial charge is 0.162 e. The highest BCUT2D eigenvalue weighted by atomic mass is 79.9. The van der Waals surface area contributed by atoms with Crippen LogP contribution in [0.2, 0.25) is 0 Å². The highest BCUT2D eigenvalue weighted by Crippen LogP contribution is 2.36. The van der Waals surface area contributed by atoms with Gasteiger partial charge in [0, 0.05) is 17.6 Å². The quantitative estimate of drug-likeness (QED) is 0.904. The van der Waals surface area contributed by atoms with Crippen LogP contribution < -0.4 is 9.47 Å². The summed E-state index contributed by atoms with van der Waals surface area (Å²) in [5.74, 6) is 1.63. The summed E-state index contributed by atoms with van der Waals surface area (Å²) in [6.07, 6.45) is 1.78. The van der Waals surface area contributed by atoms with Crippen LogP contribution in [0.25, 0.3) is 0 Å². The van der Waals surface area contributed by atoms with Gasteiger partial charge in [0.1, 0.15) is 13.2 Å². The number of ether oxygens (including phenoxy) is 2. The van der Waals surface area contributed by atoms with Gasteiger partial charge in [0.25, 0.3) is 0 Å². The van der Waals surface area contributed by atoms with E-state index in [1.54, 1.807) is 0 Å². The van der Waals surface area contributed by atoms with Gasteiger partial charge >= 0.3 is 0 Å². The van der Waals surface area contributed by atoms with Crippen LogP contribution in [-0.2, 0) is 6.54 Å². The van der Waals surface area contributed by atoms with Gasteiger partial charge in [-0.05, 0) is 37.1 Å². The first-order valence-corrected chi connectivity index (χ1v) is 7.50. The Bertz CT molecular complexity index is 466. The van der Waals surface area contributed by atoms with Gasteiger partial charge in [0.2, 0.25) is 0 Å². The second kappa shape index (κ2) is 5.69. The van der Waals surface area contributed by atoms with Crippen molar-refractivity contribution in [1.82, 2.24) is 4.90 Å². The highest BCUT2D eigenvalue weighted by molar-refractivity contribution is 9.10. The third-order valence-electron chi connectivity index (χ3n) is 3.59. The standard InChI is InChI=1S/C14H18BrNO3/c15-12-7-14-13(18-4-5-19-14)6-10(12)8-16-3-1-2-11(17)9-16/h6-7,11,17H,1-5,8-9H2/t11-/m0/s1. The molecule has 0 amide bonds. The molecule has 104 valence electrons. The van der Waals surface area contributed by atoms with E-state index in [-0.39, 0.29) is 6.10 Å². The maximum atomic E-state index is 9.72. The summed E-state index contributed by atoms with van der Waals surface area (Å²) in [5.41, 5.74) is 1.18. The molecular formula is C14H18BrNO3. The molecule has 0 bridgehead atoms. The van der Waals surface area contributed by atoms with Gasteiger partial charge in [0.15, 0.2) is 11.5 Å². The number of piperidine rings is 1. The lowest BCUT2D eigenvalue weighted by atomic mass is 10.1. The van der Waals surface area contributed by atoms with E-state index >= 15 is 0 Å². The summed E-state index contributed by atoms with van der Waals surface area (Å²) in [4.78, 5) is 2.28. The summed E-state index contributed by atoms with van der Waals surface area (Å²) in [5, 5.41) is 9.72. The maximum absolute atomic E-state index is 9.72. The van der Waals surface area contributed by atoms with Gasteiger partial charge < -0.3 is 14.6 Å². The number of β-amino-alcohol motifs (C(OH)–C–C–N with tert-alkyl or cyclic N) is 1. The van der Waals surface area contributed by atoms with E-state index in [0.717, 1.165) is 48.4 Å². The van der Waals surface area contributed by atoms with Crippen LogP contribution in [0.4, 0.5) is 0 Å². The minimum atomic E-state index is -0.190. The van der Waals surface area contributed by atoms with E-state index in [0.29, 0.717) is 13.2 Å². The second-order valence-corrected chi connectivity index (χ2v) is 5.97. The Labute approximate surface area is 121 Å². The number of aliphatic hydroxyl groups is 1. The third kappa shape index (κ3) is 3.04. The summed E-state index contributed by atoms with van der Waals surface area (Å²) >= 11 is 3.59. The molecule has 5 heteroatoms. The third-order valence-corrected chi connectivity index (χ3v) is 4.32. The number of hydrogen-bond donors (Lipinski definition) is 1. The molecule has 2 heterocycles. The van der Waals surface area contributed by atoms with Crippen molar-refractivity contribution in [1.29, 1.82) is 0 Å². The molecule has 0 aromatic heterocycles. The molecule has 2 aliphatic heterocycles. The van der Waals surface area contributed by atoms with Crippen LogP contribution in [0.1, 0.15) is 18.4 Å². The molecule has 0 aliphatic carbocycles. The normalized spacial score (nSPS) is 23.4. The number of benzene rings is 1. The molecule has 1 N–H and O–H groups in total. The van der Waals surface area contributed by atoms with Crippen molar-refractivity contribution in [2.75, 3.05) is 26.3 Å². The molecule has 4 nitrogen and oxygen atoms in total. The van der Waals surface area contributed by atoms with Gasteiger partial charge in [-0.2, -0.15) is 0 Å². The molecule has 1 fully saturated rings. The van der Waals surface area contributed by atoms with Gasteiger partial charge in [-0.15, -0.1) is 0 Å². The lowest BCUT2D eigenvalue weighted by Gasteiger charge is -2.30. The zero-order valence-electron chi connectivity index (χ0n) is 10.8. The molecule has 1 saturated heterocycles. The monoisotopic (exact) mass is 327 g/mol. The van der Waals surface area contributed by atoms with Crippen LogP contribution >= 0.6 is 15.9 Å². The SMILES string of the molecule is O[C@H]1CCCN(Cc2cc3c(cc2Br)OCCO3)C1. The summed E-state index contributed by atoms with van der Waals surface area (Å²) in [6, 6.07) is 4.02. The van der Waals surface area contributed by atoms with Crippen molar-refractivity contribution < 1.29 is 14.6 Å². The van der Waals surface area contributed by atoms with Gasteiger partial charge in [-0.3, -0.25) is 4.90 Å². The fourth-order valence-electron chi connectivity index (χ4n) is 2.64. The van der Waals surface area contributed by atoms with Gasteiger partial charge in [-0.25, -0.2) is 0 Å². The number of likely N-dealkylation sites (tertiary alicyclic amines) is 1. The van der Waals surface area contributed by atoms with Crippen LogP contribution in [0.3, 0.4) is 0 Å². The fourth-order valence-corrected chi connectivity index (χ4v) is 3.09. The Hall–Kier alpha value is -0.780. The van der Waals surface area contributed by atoms with Crippen LogP contribution in [-0.4, -0.2) is 42.4 Å². The average Bonchev–Trinajstić information content (AvgIpc) is 2.40. The molecule has 0 spiro atoms. The van der Waals surface area contributed by atoms with Crippen molar-refractivity contribution in [3.8, 4) is 11.5 Å². The molecular weight excluding hydrogens is 310 g/mol. The number of hydrogen-bond acceptors (Lipinski definition) is 4. The maximum Gasteiger partial charge on any atom is 0.162 e. The van der Waals surface area contributed by atoms with Crippen LogP contribution in [0.15, 0.2) is 16.6 Å². The first-order valence-electron chi connectivity index (χ1n) is 6.71. The predicted octanol–water partition coefficient (Wildman–Crippen LogP) is 2.18. The number of aliphatic hydroxyl groups excluding tert-OH is 1. The lowest BCUT2D eigenvalue weighted by molar-refractivity contribution is 0.0666. The number of fused-ring (bicyclic) bond motifs is 1. The molecule has 3 rings (SSSR count). The molecule has 19 heavy (non-hydrogen) atoms. The minimum absolute atomic E-state index is 0.190. The first-order chi connectivity index (χ1) is 9.22. The van der Waals surface area contributed by atoms with E-state index in [2.05, 4.69) is 20.8 Å². The van der Waals surface area contributed by atoms with Gasteiger partial charge in [-0.1, -0.05) is 15.9 Å². The first kappa shape index (κ1) is 13.2. The summed E-state index contributed by atoms with van der Waals surface area (Å²) in [6.45, 7) is 3.83. The van der Waals surface area contributed by atoms with Crippen molar-refractivity contribution in [2.24, 2.45) is 0 Å². The molecule has 0 radical (unpaired) electrons. The van der Waals surface area contributed by atoms with Crippen molar-refractivity contribution in [2.45, 2.75) is 25.5 Å². The fraction of sp³-hybridized carbons (Fsp3) is 0.571. The van der Waals surface area contributed by atoms with Gasteiger partial charge in [0.05, 0.1) is 6.10 Å². The van der Waals surface area contributed by atoms with E-state index in [4.69, 9.17) is 9.47 Å². The van der Waals surface area contributed by atoms with Crippen molar-refractivity contribution in [3.63, 3.8) is 0 Å². The number of rotatable bonds is 2. The van der Waals surface area contributed by atoms with Crippen LogP contribution in [0.5, 0.6) is 11.5 Å². The molecule has 0 unspecified atom stereocenters. The van der Waals surface area contributed by atoms with E-state index in [9.17, 15) is 5.11 Å². The molecule has 1 atom stereocenters. The summed E-state index contributed by atoms with van der Waals surface area (Å²) < 4.78 is 12.2. The van der Waals surface area contributed by atoms with Crippen LogP contribution in [0, 0.1) is 0 Å². The van der Waals surface area contributed by atoms with Crippen molar-refractivity contribution in [3.05, 3.63) is 22.2 Å². The highest BCUT2D eigenvalue weighted by Gasteiger charge is 2.20. The van der Waals surface area contributed by atoms with E-state index in [1.807, 2.05) is 12.1 Å². The molecule has 1 aromatic rings. The minimum Gasteiger partial charge on any atom is -0.486 e. The largest absolute Gasteiger partial charge is 0.486 e. The predicted molar refractivity (Wildman–Crippen MR) is 75.6 cm³/mol. The molecule has 0 saturated carbocycles. The zero-order valence-corrected chi connectivity index (χ0v) is 12.4.